The van der Waals surface area contributed by atoms with Crippen molar-refractivity contribution in [2.24, 2.45) is 5.73 Å². The van der Waals surface area contributed by atoms with Gasteiger partial charge in [-0.15, -0.1) is 0 Å². The van der Waals surface area contributed by atoms with E-state index >= 15 is 0 Å². The van der Waals surface area contributed by atoms with E-state index in [-0.39, 0.29) is 12.3 Å². The third kappa shape index (κ3) is 0.916. The van der Waals surface area contributed by atoms with Gasteiger partial charge in [0.2, 0.25) is 0 Å². The molecule has 2 rings (SSSR count). The van der Waals surface area contributed by atoms with Crippen LogP contribution in [0, 0.1) is 0 Å². The molecule has 52 valence electrons. The Bertz CT molecular complexity index is 222. The number of hydrogen-bond donors (Lipinski definition) is 1. The molecule has 2 atom stereocenters. The fraction of sp³-hybridized carbons (Fsp3) is 0.250. The van der Waals surface area contributed by atoms with Crippen LogP contribution in [0.5, 0.6) is 0 Å². The second-order valence-electron chi connectivity index (χ2n) is 2.43. The molecule has 0 aromatic heterocycles. The predicted molar refractivity (Wildman–Crippen MR) is 38.2 cm³/mol. The minimum atomic E-state index is -0.0672. The molecule has 2 nitrogen and oxygen atoms in total. The van der Waals surface area contributed by atoms with Crippen molar-refractivity contribution in [3.63, 3.8) is 0 Å². The van der Waals surface area contributed by atoms with Gasteiger partial charge in [0.25, 0.3) is 0 Å². The molecule has 1 aliphatic rings. The van der Waals surface area contributed by atoms with Gasteiger partial charge in [-0.3, -0.25) is 0 Å². The number of nitrogens with two attached hydrogens (primary N) is 1. The van der Waals surface area contributed by atoms with Crippen LogP contribution in [0.1, 0.15) is 11.7 Å². The van der Waals surface area contributed by atoms with Gasteiger partial charge >= 0.3 is 0 Å². The van der Waals surface area contributed by atoms with Crippen molar-refractivity contribution in [2.75, 3.05) is 0 Å². The highest BCUT2D eigenvalue weighted by molar-refractivity contribution is 5.21. The first kappa shape index (κ1) is 5.89. The van der Waals surface area contributed by atoms with Gasteiger partial charge < -0.3 is 10.5 Å². The van der Waals surface area contributed by atoms with E-state index < -0.39 is 0 Å². The van der Waals surface area contributed by atoms with Crippen LogP contribution in [-0.4, -0.2) is 6.23 Å². The number of hydrogen-bond acceptors (Lipinski definition) is 2. The Kier molecular flexibility index (Phi) is 1.22. The van der Waals surface area contributed by atoms with E-state index in [4.69, 9.17) is 10.5 Å². The molecular weight excluding hydrogens is 126 g/mol. The van der Waals surface area contributed by atoms with E-state index in [1.54, 1.807) is 0 Å². The molecule has 2 unspecified atom stereocenters. The molecular formula is C8H9NO. The van der Waals surface area contributed by atoms with Crippen LogP contribution in [-0.2, 0) is 4.74 Å². The molecule has 0 aliphatic carbocycles. The molecule has 1 saturated heterocycles. The van der Waals surface area contributed by atoms with Crippen molar-refractivity contribution >= 4 is 0 Å². The largest absolute Gasteiger partial charge is 0.348 e. The smallest absolute Gasteiger partial charge is 0.137 e. The fourth-order valence-corrected chi connectivity index (χ4v) is 1.03. The van der Waals surface area contributed by atoms with E-state index in [0.717, 1.165) is 0 Å². The fourth-order valence-electron chi connectivity index (χ4n) is 1.03. The lowest BCUT2D eigenvalue weighted by atomic mass is 10.1. The van der Waals surface area contributed by atoms with Gasteiger partial charge in [0, 0.05) is 0 Å². The Morgan fingerprint density at radius 2 is 1.80 bits per heavy atom. The molecule has 0 amide bonds. The van der Waals surface area contributed by atoms with Gasteiger partial charge in [0.15, 0.2) is 0 Å². The van der Waals surface area contributed by atoms with Crippen LogP contribution in [0.15, 0.2) is 30.3 Å². The maximum absolute atomic E-state index is 5.48. The lowest BCUT2D eigenvalue weighted by Crippen LogP contribution is -2.00. The second kappa shape index (κ2) is 2.08. The van der Waals surface area contributed by atoms with Gasteiger partial charge in [-0.1, -0.05) is 30.3 Å². The normalized spacial score (nSPS) is 30.1. The number of epoxide rings is 1. The average molecular weight is 135 g/mol. The van der Waals surface area contributed by atoms with Crippen molar-refractivity contribution in [2.45, 2.75) is 12.3 Å². The molecule has 1 fully saturated rings. The van der Waals surface area contributed by atoms with Gasteiger partial charge in [0.05, 0.1) is 0 Å². The van der Waals surface area contributed by atoms with E-state index in [1.165, 1.54) is 5.56 Å². The third-order valence-corrected chi connectivity index (χ3v) is 1.65. The molecule has 0 spiro atoms. The first-order valence-electron chi connectivity index (χ1n) is 3.34. The summed E-state index contributed by atoms with van der Waals surface area (Å²) in [6.07, 6.45) is 0.0867. The first-order valence-corrected chi connectivity index (χ1v) is 3.34. The SMILES string of the molecule is NC1OC1c1ccccc1. The number of ether oxygens (including phenoxy) is 1. The number of rotatable bonds is 1. The van der Waals surface area contributed by atoms with E-state index in [2.05, 4.69) is 0 Å². The van der Waals surface area contributed by atoms with Gasteiger partial charge in [0.1, 0.15) is 12.3 Å². The van der Waals surface area contributed by atoms with Crippen LogP contribution in [0.25, 0.3) is 0 Å². The zero-order valence-electron chi connectivity index (χ0n) is 5.53. The van der Waals surface area contributed by atoms with Crippen LogP contribution in [0.2, 0.25) is 0 Å². The molecule has 1 aromatic rings. The summed E-state index contributed by atoms with van der Waals surface area (Å²) in [7, 11) is 0. The lowest BCUT2D eigenvalue weighted by molar-refractivity contribution is 0.377. The maximum atomic E-state index is 5.48. The van der Waals surface area contributed by atoms with Crippen LogP contribution in [0.3, 0.4) is 0 Å². The summed E-state index contributed by atoms with van der Waals surface area (Å²) in [5.41, 5.74) is 6.65. The summed E-state index contributed by atoms with van der Waals surface area (Å²) >= 11 is 0. The minimum absolute atomic E-state index is 0.0672. The Labute approximate surface area is 59.6 Å². The van der Waals surface area contributed by atoms with E-state index in [1.807, 2.05) is 30.3 Å². The topological polar surface area (TPSA) is 38.5 Å². The summed E-state index contributed by atoms with van der Waals surface area (Å²) in [4.78, 5) is 0. The highest BCUT2D eigenvalue weighted by Gasteiger charge is 2.36. The highest BCUT2D eigenvalue weighted by atomic mass is 16.6. The number of benzene rings is 1. The van der Waals surface area contributed by atoms with Gasteiger partial charge in [-0.2, -0.15) is 0 Å². The van der Waals surface area contributed by atoms with E-state index in [9.17, 15) is 0 Å². The zero-order chi connectivity index (χ0) is 6.97. The van der Waals surface area contributed by atoms with Gasteiger partial charge in [-0.25, -0.2) is 0 Å². The molecule has 2 N–H and O–H groups in total. The van der Waals surface area contributed by atoms with Gasteiger partial charge in [-0.05, 0) is 5.56 Å². The van der Waals surface area contributed by atoms with Crippen LogP contribution >= 0.6 is 0 Å². The molecule has 1 heterocycles. The predicted octanol–water partition coefficient (Wildman–Crippen LogP) is 1.04. The second-order valence-corrected chi connectivity index (χ2v) is 2.43. The Balaban J connectivity index is 2.20. The van der Waals surface area contributed by atoms with Crippen LogP contribution < -0.4 is 5.73 Å². The molecule has 1 aromatic carbocycles. The highest BCUT2D eigenvalue weighted by Crippen LogP contribution is 2.34. The minimum Gasteiger partial charge on any atom is -0.348 e. The van der Waals surface area contributed by atoms with Crippen molar-refractivity contribution < 1.29 is 4.74 Å². The monoisotopic (exact) mass is 135 g/mol. The molecule has 2 heteroatoms. The average Bonchev–Trinajstić information content (AvgIpc) is 2.69. The maximum Gasteiger partial charge on any atom is 0.137 e. The molecule has 10 heavy (non-hydrogen) atoms. The van der Waals surface area contributed by atoms with Crippen molar-refractivity contribution in [1.82, 2.24) is 0 Å². The summed E-state index contributed by atoms with van der Waals surface area (Å²) in [5.74, 6) is 0. The lowest BCUT2D eigenvalue weighted by Gasteiger charge is -1.90. The molecule has 1 aliphatic heterocycles. The Hall–Kier alpha value is -0.860. The quantitative estimate of drug-likeness (QED) is 0.584. The third-order valence-electron chi connectivity index (χ3n) is 1.65. The summed E-state index contributed by atoms with van der Waals surface area (Å²) < 4.78 is 5.08. The van der Waals surface area contributed by atoms with Crippen molar-refractivity contribution in [3.8, 4) is 0 Å². The molecule has 0 radical (unpaired) electrons. The standard InChI is InChI=1S/C8H9NO/c9-8-7(10-8)6-4-2-1-3-5-6/h1-5,7-8H,9H2. The zero-order valence-corrected chi connectivity index (χ0v) is 5.53. The Morgan fingerprint density at radius 1 is 1.20 bits per heavy atom. The summed E-state index contributed by atoms with van der Waals surface area (Å²) in [6, 6.07) is 10.0. The summed E-state index contributed by atoms with van der Waals surface area (Å²) in [6.45, 7) is 0. The molecule has 0 saturated carbocycles. The molecule has 0 bridgehead atoms. The van der Waals surface area contributed by atoms with Crippen molar-refractivity contribution in [1.29, 1.82) is 0 Å². The van der Waals surface area contributed by atoms with E-state index in [0.29, 0.717) is 0 Å². The van der Waals surface area contributed by atoms with Crippen LogP contribution in [0.4, 0.5) is 0 Å². The summed E-state index contributed by atoms with van der Waals surface area (Å²) in [5, 5.41) is 0. The Morgan fingerprint density at radius 3 is 2.30 bits per heavy atom. The van der Waals surface area contributed by atoms with Crippen molar-refractivity contribution in [3.05, 3.63) is 35.9 Å². The first-order chi connectivity index (χ1) is 4.88.